The van der Waals surface area contributed by atoms with Crippen LogP contribution in [0.2, 0.25) is 0 Å². The predicted molar refractivity (Wildman–Crippen MR) is 80.8 cm³/mol. The minimum absolute atomic E-state index is 0.0611. The third-order valence-electron chi connectivity index (χ3n) is 3.46. The van der Waals surface area contributed by atoms with Crippen LogP contribution < -0.4 is 10.1 Å². The Morgan fingerprint density at radius 1 is 1.19 bits per heavy atom. The average Bonchev–Trinajstić information content (AvgIpc) is 2.52. The van der Waals surface area contributed by atoms with E-state index in [1.807, 2.05) is 37.3 Å². The molecule has 0 heterocycles. The van der Waals surface area contributed by atoms with Crippen molar-refractivity contribution in [1.82, 2.24) is 5.32 Å². The molecule has 0 fully saturated rings. The van der Waals surface area contributed by atoms with Crippen molar-refractivity contribution in [2.24, 2.45) is 0 Å². The third-order valence-corrected chi connectivity index (χ3v) is 3.46. The summed E-state index contributed by atoms with van der Waals surface area (Å²) in [5, 5.41) is 13.0. The van der Waals surface area contributed by atoms with Crippen LogP contribution in [0.5, 0.6) is 5.75 Å². The van der Waals surface area contributed by atoms with E-state index in [4.69, 9.17) is 4.74 Å². The van der Waals surface area contributed by atoms with Crippen LogP contribution in [0, 0.1) is 5.82 Å². The molecule has 2 N–H and O–H groups in total. The van der Waals surface area contributed by atoms with Gasteiger partial charge in [0.2, 0.25) is 0 Å². The second-order valence-electron chi connectivity index (χ2n) is 4.93. The van der Waals surface area contributed by atoms with Crippen LogP contribution in [-0.2, 0) is 0 Å². The molecule has 2 rings (SSSR count). The van der Waals surface area contributed by atoms with E-state index in [-0.39, 0.29) is 18.5 Å². The lowest BCUT2D eigenvalue weighted by Gasteiger charge is -2.15. The molecule has 0 spiro atoms. The topological polar surface area (TPSA) is 41.5 Å². The molecule has 2 unspecified atom stereocenters. The lowest BCUT2D eigenvalue weighted by Crippen LogP contribution is -2.14. The maximum absolute atomic E-state index is 14.0. The van der Waals surface area contributed by atoms with E-state index < -0.39 is 6.10 Å². The molecule has 0 aromatic heterocycles. The van der Waals surface area contributed by atoms with Crippen LogP contribution in [-0.4, -0.2) is 18.8 Å². The van der Waals surface area contributed by atoms with Crippen molar-refractivity contribution in [3.8, 4) is 5.75 Å². The Morgan fingerprint density at radius 2 is 1.90 bits per heavy atom. The van der Waals surface area contributed by atoms with Crippen molar-refractivity contribution >= 4 is 0 Å². The summed E-state index contributed by atoms with van der Waals surface area (Å²) in [7, 11) is 1.78. The first-order valence-corrected chi connectivity index (χ1v) is 6.94. The first kappa shape index (κ1) is 15.5. The lowest BCUT2D eigenvalue weighted by atomic mass is 10.1. The number of halogens is 1. The van der Waals surface area contributed by atoms with E-state index in [0.717, 1.165) is 5.56 Å². The summed E-state index contributed by atoms with van der Waals surface area (Å²) in [5.41, 5.74) is 1.37. The molecule has 21 heavy (non-hydrogen) atoms. The van der Waals surface area contributed by atoms with Gasteiger partial charge in [0.1, 0.15) is 24.3 Å². The summed E-state index contributed by atoms with van der Waals surface area (Å²) in [4.78, 5) is 0. The Balaban J connectivity index is 1.99. The van der Waals surface area contributed by atoms with Gasteiger partial charge in [0.05, 0.1) is 0 Å². The minimum atomic E-state index is -0.731. The third kappa shape index (κ3) is 4.03. The van der Waals surface area contributed by atoms with Crippen LogP contribution >= 0.6 is 0 Å². The molecule has 2 aromatic carbocycles. The SMILES string of the molecule is CNC(C)c1ccc(OCC(O)c2ccccc2)cc1F. The molecule has 2 atom stereocenters. The highest BCUT2D eigenvalue weighted by atomic mass is 19.1. The van der Waals surface area contributed by atoms with E-state index in [0.29, 0.717) is 11.3 Å². The standard InChI is InChI=1S/C17H20FNO2/c1-12(19-2)15-9-8-14(10-16(15)18)21-11-17(20)13-6-4-3-5-7-13/h3-10,12,17,19-20H,11H2,1-2H3. The highest BCUT2D eigenvalue weighted by molar-refractivity contribution is 5.30. The lowest BCUT2D eigenvalue weighted by molar-refractivity contribution is 0.108. The monoisotopic (exact) mass is 289 g/mol. The Bertz CT molecular complexity index is 574. The average molecular weight is 289 g/mol. The van der Waals surface area contributed by atoms with Gasteiger partial charge in [-0.2, -0.15) is 0 Å². The molecule has 3 nitrogen and oxygen atoms in total. The molecule has 4 heteroatoms. The summed E-state index contributed by atoms with van der Waals surface area (Å²) in [6.07, 6.45) is -0.731. The second-order valence-corrected chi connectivity index (χ2v) is 4.93. The van der Waals surface area contributed by atoms with Gasteiger partial charge in [-0.05, 0) is 25.6 Å². The zero-order valence-electron chi connectivity index (χ0n) is 12.2. The highest BCUT2D eigenvalue weighted by Gasteiger charge is 2.12. The molecule has 0 aliphatic carbocycles. The zero-order valence-corrected chi connectivity index (χ0v) is 12.2. The van der Waals surface area contributed by atoms with Crippen molar-refractivity contribution in [3.05, 3.63) is 65.5 Å². The van der Waals surface area contributed by atoms with E-state index in [1.54, 1.807) is 19.2 Å². The maximum atomic E-state index is 14.0. The number of hydrogen-bond donors (Lipinski definition) is 2. The molecule has 0 saturated carbocycles. The fourth-order valence-corrected chi connectivity index (χ4v) is 2.05. The van der Waals surface area contributed by atoms with Gasteiger partial charge in [-0.25, -0.2) is 4.39 Å². The second kappa shape index (κ2) is 7.20. The Labute approximate surface area is 124 Å². The van der Waals surface area contributed by atoms with Crippen LogP contribution in [0.1, 0.15) is 30.2 Å². The normalized spacial score (nSPS) is 13.7. The molecular weight excluding hydrogens is 269 g/mol. The maximum Gasteiger partial charge on any atom is 0.131 e. The quantitative estimate of drug-likeness (QED) is 0.858. The molecule has 112 valence electrons. The number of rotatable bonds is 6. The smallest absolute Gasteiger partial charge is 0.131 e. The molecule has 0 aliphatic heterocycles. The van der Waals surface area contributed by atoms with Gasteiger partial charge < -0.3 is 15.2 Å². The summed E-state index contributed by atoms with van der Waals surface area (Å²) in [5.74, 6) is 0.0954. The largest absolute Gasteiger partial charge is 0.490 e. The number of benzene rings is 2. The van der Waals surface area contributed by atoms with E-state index in [9.17, 15) is 9.50 Å². The van der Waals surface area contributed by atoms with Gasteiger partial charge in [0.25, 0.3) is 0 Å². The van der Waals surface area contributed by atoms with Crippen LogP contribution in [0.4, 0.5) is 4.39 Å². The predicted octanol–water partition coefficient (Wildman–Crippen LogP) is 3.22. The summed E-state index contributed by atoms with van der Waals surface area (Å²) in [6.45, 7) is 1.97. The van der Waals surface area contributed by atoms with Gasteiger partial charge in [-0.1, -0.05) is 36.4 Å². The molecule has 2 aromatic rings. The molecule has 0 amide bonds. The van der Waals surface area contributed by atoms with Crippen molar-refractivity contribution in [3.63, 3.8) is 0 Å². The Morgan fingerprint density at radius 3 is 2.52 bits per heavy atom. The van der Waals surface area contributed by atoms with Crippen molar-refractivity contribution < 1.29 is 14.2 Å². The summed E-state index contributed by atoms with van der Waals surface area (Å²) in [6, 6.07) is 13.9. The Kier molecular flexibility index (Phi) is 5.31. The Hall–Kier alpha value is -1.91. The number of aliphatic hydroxyl groups is 1. The summed E-state index contributed by atoms with van der Waals surface area (Å²) < 4.78 is 19.4. The van der Waals surface area contributed by atoms with Gasteiger partial charge in [0.15, 0.2) is 0 Å². The van der Waals surface area contributed by atoms with Crippen molar-refractivity contribution in [2.45, 2.75) is 19.1 Å². The summed E-state index contributed by atoms with van der Waals surface area (Å²) >= 11 is 0. The van der Waals surface area contributed by atoms with Gasteiger partial charge >= 0.3 is 0 Å². The first-order chi connectivity index (χ1) is 10.1. The molecule has 0 radical (unpaired) electrons. The van der Waals surface area contributed by atoms with Crippen molar-refractivity contribution in [1.29, 1.82) is 0 Å². The molecular formula is C17H20FNO2. The molecule has 0 aliphatic rings. The zero-order chi connectivity index (χ0) is 15.2. The number of hydrogen-bond acceptors (Lipinski definition) is 3. The van der Waals surface area contributed by atoms with Crippen LogP contribution in [0.15, 0.2) is 48.5 Å². The molecule has 0 saturated heterocycles. The van der Waals surface area contributed by atoms with Crippen LogP contribution in [0.25, 0.3) is 0 Å². The van der Waals surface area contributed by atoms with Gasteiger partial charge in [0, 0.05) is 17.7 Å². The van der Waals surface area contributed by atoms with E-state index in [2.05, 4.69) is 5.32 Å². The highest BCUT2D eigenvalue weighted by Crippen LogP contribution is 2.22. The van der Waals surface area contributed by atoms with Gasteiger partial charge in [-0.15, -0.1) is 0 Å². The molecule has 0 bridgehead atoms. The minimum Gasteiger partial charge on any atom is -0.490 e. The fraction of sp³-hybridized carbons (Fsp3) is 0.294. The first-order valence-electron chi connectivity index (χ1n) is 6.94. The van der Waals surface area contributed by atoms with E-state index >= 15 is 0 Å². The van der Waals surface area contributed by atoms with Crippen LogP contribution in [0.3, 0.4) is 0 Å². The van der Waals surface area contributed by atoms with Crippen molar-refractivity contribution in [2.75, 3.05) is 13.7 Å². The number of aliphatic hydroxyl groups excluding tert-OH is 1. The van der Waals surface area contributed by atoms with E-state index in [1.165, 1.54) is 6.07 Å². The number of nitrogens with one attached hydrogen (secondary N) is 1. The number of ether oxygens (including phenoxy) is 1. The van der Waals surface area contributed by atoms with Gasteiger partial charge in [-0.3, -0.25) is 0 Å². The fourth-order valence-electron chi connectivity index (χ4n) is 2.05.